The highest BCUT2D eigenvalue weighted by atomic mass is 16.5. The Morgan fingerprint density at radius 3 is 2.53 bits per heavy atom. The average Bonchev–Trinajstić information content (AvgIpc) is 2.77. The van der Waals surface area contributed by atoms with Crippen LogP contribution in [0.1, 0.15) is 24.5 Å². The highest BCUT2D eigenvalue weighted by molar-refractivity contribution is 5.98. The van der Waals surface area contributed by atoms with Crippen LogP contribution in [0.3, 0.4) is 0 Å². The van der Waals surface area contributed by atoms with E-state index < -0.39 is 5.54 Å². The van der Waals surface area contributed by atoms with Gasteiger partial charge in [-0.15, -0.1) is 0 Å². The Kier molecular flexibility index (Phi) is 5.27. The van der Waals surface area contributed by atoms with Gasteiger partial charge in [-0.3, -0.25) is 9.69 Å². The van der Waals surface area contributed by atoms with Crippen LogP contribution in [0.15, 0.2) is 83.9 Å². The summed E-state index contributed by atoms with van der Waals surface area (Å²) in [5.74, 6) is 1.01. The van der Waals surface area contributed by atoms with E-state index >= 15 is 0 Å². The van der Waals surface area contributed by atoms with E-state index in [1.807, 2.05) is 79.7 Å². The number of benzene rings is 3. The number of hydrogen-bond acceptors (Lipinski definition) is 4. The second-order valence-corrected chi connectivity index (χ2v) is 7.72. The maximum atomic E-state index is 12.4. The standard InChI is InChI=1S/C25H25N3O2/c1-25(16-23(29)28(2)24(26)27-25)20-12-8-11-19(15-20)21-13-6-7-14-22(21)30-17-18-9-4-3-5-10-18/h3-15H,16-17H2,1-2H3,(H2,26,27). The molecule has 2 N–H and O–H groups in total. The lowest BCUT2D eigenvalue weighted by atomic mass is 9.86. The summed E-state index contributed by atoms with van der Waals surface area (Å²) in [5.41, 5.74) is 9.36. The Bertz CT molecular complexity index is 1090. The van der Waals surface area contributed by atoms with Crippen LogP contribution in [-0.4, -0.2) is 23.8 Å². The minimum atomic E-state index is -0.691. The van der Waals surface area contributed by atoms with Gasteiger partial charge in [0.2, 0.25) is 5.91 Å². The molecule has 0 saturated heterocycles. The van der Waals surface area contributed by atoms with E-state index in [4.69, 9.17) is 10.5 Å². The van der Waals surface area contributed by atoms with Gasteiger partial charge in [-0.25, -0.2) is 4.99 Å². The highest BCUT2D eigenvalue weighted by Gasteiger charge is 2.36. The van der Waals surface area contributed by atoms with Crippen LogP contribution < -0.4 is 10.5 Å². The van der Waals surface area contributed by atoms with Crippen LogP contribution in [0.25, 0.3) is 11.1 Å². The third kappa shape index (κ3) is 3.92. The highest BCUT2D eigenvalue weighted by Crippen LogP contribution is 2.37. The van der Waals surface area contributed by atoms with Gasteiger partial charge in [0.05, 0.1) is 12.0 Å². The van der Waals surface area contributed by atoms with Crippen molar-refractivity contribution < 1.29 is 9.53 Å². The predicted octanol–water partition coefficient (Wildman–Crippen LogP) is 4.32. The molecule has 0 radical (unpaired) electrons. The number of nitrogens with two attached hydrogens (primary N) is 1. The number of para-hydroxylation sites is 1. The molecule has 1 amide bonds. The van der Waals surface area contributed by atoms with E-state index in [-0.39, 0.29) is 18.3 Å². The number of amides is 1. The van der Waals surface area contributed by atoms with Gasteiger partial charge in [0.15, 0.2) is 5.96 Å². The van der Waals surface area contributed by atoms with Gasteiger partial charge in [0.1, 0.15) is 12.4 Å². The summed E-state index contributed by atoms with van der Waals surface area (Å²) < 4.78 is 6.13. The number of carbonyl (C=O) groups is 1. The van der Waals surface area contributed by atoms with Crippen molar-refractivity contribution >= 4 is 11.9 Å². The monoisotopic (exact) mass is 399 g/mol. The zero-order valence-corrected chi connectivity index (χ0v) is 17.2. The van der Waals surface area contributed by atoms with Crippen LogP contribution in [0, 0.1) is 0 Å². The molecule has 5 nitrogen and oxygen atoms in total. The molecule has 0 saturated carbocycles. The lowest BCUT2D eigenvalue weighted by molar-refractivity contribution is -0.128. The Balaban J connectivity index is 1.66. The molecule has 152 valence electrons. The number of carbonyl (C=O) groups excluding carboxylic acids is 1. The van der Waals surface area contributed by atoms with Gasteiger partial charge in [0.25, 0.3) is 0 Å². The van der Waals surface area contributed by atoms with Crippen molar-refractivity contribution in [3.05, 3.63) is 90.0 Å². The van der Waals surface area contributed by atoms with Crippen LogP contribution in [0.2, 0.25) is 0 Å². The lowest BCUT2D eigenvalue weighted by Crippen LogP contribution is -2.47. The molecule has 3 aromatic carbocycles. The normalized spacial score (nSPS) is 18.8. The molecule has 0 spiro atoms. The van der Waals surface area contributed by atoms with Crippen LogP contribution >= 0.6 is 0 Å². The number of ether oxygens (including phenoxy) is 1. The second kappa shape index (κ2) is 8.03. The zero-order chi connectivity index (χ0) is 21.1. The van der Waals surface area contributed by atoms with Crippen LogP contribution in [0.5, 0.6) is 5.75 Å². The quantitative estimate of drug-likeness (QED) is 0.695. The molecule has 1 unspecified atom stereocenters. The molecule has 3 aromatic rings. The lowest BCUT2D eigenvalue weighted by Gasteiger charge is -2.33. The van der Waals surface area contributed by atoms with E-state index in [1.165, 1.54) is 4.90 Å². The minimum absolute atomic E-state index is 0.0398. The fourth-order valence-electron chi connectivity index (χ4n) is 3.66. The number of nitrogens with zero attached hydrogens (tertiary/aromatic N) is 2. The summed E-state index contributed by atoms with van der Waals surface area (Å²) in [5, 5.41) is 0. The van der Waals surface area contributed by atoms with Crippen molar-refractivity contribution in [3.8, 4) is 16.9 Å². The maximum Gasteiger partial charge on any atom is 0.231 e. The molecule has 30 heavy (non-hydrogen) atoms. The zero-order valence-electron chi connectivity index (χ0n) is 17.2. The van der Waals surface area contributed by atoms with Crippen molar-refractivity contribution in [1.29, 1.82) is 0 Å². The van der Waals surface area contributed by atoms with Gasteiger partial charge >= 0.3 is 0 Å². The van der Waals surface area contributed by atoms with Gasteiger partial charge in [-0.2, -0.15) is 0 Å². The molecular formula is C25H25N3O2. The molecule has 0 fully saturated rings. The summed E-state index contributed by atoms with van der Waals surface area (Å²) in [7, 11) is 1.65. The number of hydrogen-bond donors (Lipinski definition) is 1. The fraction of sp³-hybridized carbons (Fsp3) is 0.200. The average molecular weight is 399 g/mol. The van der Waals surface area contributed by atoms with Gasteiger partial charge in [0, 0.05) is 12.6 Å². The first-order chi connectivity index (χ1) is 14.5. The molecule has 1 aliphatic rings. The molecular weight excluding hydrogens is 374 g/mol. The number of guanidine groups is 1. The van der Waals surface area contributed by atoms with Crippen molar-refractivity contribution in [2.75, 3.05) is 7.05 Å². The largest absolute Gasteiger partial charge is 0.488 e. The van der Waals surface area contributed by atoms with Crippen molar-refractivity contribution in [3.63, 3.8) is 0 Å². The maximum absolute atomic E-state index is 12.4. The van der Waals surface area contributed by atoms with E-state index in [2.05, 4.69) is 11.1 Å². The molecule has 4 rings (SSSR count). The summed E-state index contributed by atoms with van der Waals surface area (Å²) in [6.45, 7) is 2.44. The Morgan fingerprint density at radius 2 is 1.77 bits per heavy atom. The van der Waals surface area contributed by atoms with Gasteiger partial charge in [-0.1, -0.05) is 66.7 Å². The molecule has 1 aliphatic heterocycles. The van der Waals surface area contributed by atoms with Crippen molar-refractivity contribution in [2.24, 2.45) is 10.7 Å². The molecule has 1 heterocycles. The Hall–Kier alpha value is -3.60. The second-order valence-electron chi connectivity index (χ2n) is 7.72. The topological polar surface area (TPSA) is 67.9 Å². The third-order valence-corrected chi connectivity index (χ3v) is 5.49. The number of rotatable bonds is 5. The van der Waals surface area contributed by atoms with E-state index in [9.17, 15) is 4.79 Å². The van der Waals surface area contributed by atoms with E-state index in [1.54, 1.807) is 7.05 Å². The fourth-order valence-corrected chi connectivity index (χ4v) is 3.66. The molecule has 1 atom stereocenters. The van der Waals surface area contributed by atoms with Crippen molar-refractivity contribution in [1.82, 2.24) is 4.90 Å². The van der Waals surface area contributed by atoms with E-state index in [0.717, 1.165) is 28.0 Å². The summed E-state index contributed by atoms with van der Waals surface area (Å²) in [6, 6.07) is 26.2. The summed E-state index contributed by atoms with van der Waals surface area (Å²) in [6.07, 6.45) is 0.278. The smallest absolute Gasteiger partial charge is 0.231 e. The molecule has 5 heteroatoms. The Morgan fingerprint density at radius 1 is 1.03 bits per heavy atom. The molecule has 0 aromatic heterocycles. The summed E-state index contributed by atoms with van der Waals surface area (Å²) in [4.78, 5) is 18.4. The Labute approximate surface area is 176 Å². The first-order valence-electron chi connectivity index (χ1n) is 9.95. The van der Waals surface area contributed by atoms with Crippen LogP contribution in [0.4, 0.5) is 0 Å². The predicted molar refractivity (Wildman–Crippen MR) is 119 cm³/mol. The van der Waals surface area contributed by atoms with Gasteiger partial charge < -0.3 is 10.5 Å². The first kappa shape index (κ1) is 19.7. The summed E-state index contributed by atoms with van der Waals surface area (Å²) >= 11 is 0. The third-order valence-electron chi connectivity index (χ3n) is 5.49. The van der Waals surface area contributed by atoms with Crippen LogP contribution in [-0.2, 0) is 16.9 Å². The minimum Gasteiger partial charge on any atom is -0.488 e. The molecule has 0 bridgehead atoms. The SMILES string of the molecule is CN1C(=O)CC(C)(c2cccc(-c3ccccc3OCc3ccccc3)c2)N=C1N. The van der Waals surface area contributed by atoms with Crippen molar-refractivity contribution in [2.45, 2.75) is 25.5 Å². The molecule has 0 aliphatic carbocycles. The van der Waals surface area contributed by atoms with Gasteiger partial charge in [-0.05, 0) is 35.7 Å². The first-order valence-corrected chi connectivity index (χ1v) is 9.95. The van der Waals surface area contributed by atoms with E-state index in [0.29, 0.717) is 6.61 Å². The number of aliphatic imine (C=N–C) groups is 1.